The van der Waals surface area contributed by atoms with E-state index >= 15 is 0 Å². The van der Waals surface area contributed by atoms with Crippen LogP contribution in [0.3, 0.4) is 0 Å². The average Bonchev–Trinajstić information content (AvgIpc) is 3.14. The SMILES string of the molecule is CC(C)(O)C#Cc1nc2cc(C(=O)N3CCC(C)(F)CC3)cnc2n1-c1ccc(C#N)nc1. The molecule has 33 heavy (non-hydrogen) atoms. The standard InChI is InChI=1S/C24H23FN6O2/c1-23(2,33)7-6-20-29-19-12-16(22(32)30-10-8-24(3,25)9-11-30)14-28-21(19)31(20)18-5-4-17(13-26)27-15-18/h4-5,12,14-15,33H,8-11H2,1-3H3. The zero-order valence-electron chi connectivity index (χ0n) is 18.6. The Morgan fingerprint density at radius 2 is 1.97 bits per heavy atom. The van der Waals surface area contributed by atoms with Gasteiger partial charge in [-0.05, 0) is 57.7 Å². The molecule has 8 nitrogen and oxygen atoms in total. The molecule has 0 radical (unpaired) electrons. The van der Waals surface area contributed by atoms with Crippen LogP contribution >= 0.6 is 0 Å². The molecule has 0 aliphatic carbocycles. The third-order valence-electron chi connectivity index (χ3n) is 5.44. The molecule has 1 aliphatic rings. The third kappa shape index (κ3) is 4.84. The Morgan fingerprint density at radius 1 is 1.24 bits per heavy atom. The molecule has 0 saturated carbocycles. The van der Waals surface area contributed by atoms with Gasteiger partial charge in [0, 0.05) is 19.3 Å². The molecule has 0 spiro atoms. The van der Waals surface area contributed by atoms with Crippen LogP contribution in [-0.2, 0) is 0 Å². The van der Waals surface area contributed by atoms with Crippen LogP contribution < -0.4 is 0 Å². The van der Waals surface area contributed by atoms with Gasteiger partial charge in [0.1, 0.15) is 28.5 Å². The number of aliphatic hydroxyl groups is 1. The van der Waals surface area contributed by atoms with Crippen LogP contribution in [0.1, 0.15) is 55.5 Å². The number of piperidine rings is 1. The number of alkyl halides is 1. The maximum Gasteiger partial charge on any atom is 0.255 e. The van der Waals surface area contributed by atoms with E-state index in [-0.39, 0.29) is 11.6 Å². The Labute approximate surface area is 190 Å². The van der Waals surface area contributed by atoms with E-state index in [1.165, 1.54) is 12.4 Å². The summed E-state index contributed by atoms with van der Waals surface area (Å²) in [7, 11) is 0. The molecule has 0 atom stereocenters. The van der Waals surface area contributed by atoms with Crippen LogP contribution in [0.2, 0.25) is 0 Å². The minimum absolute atomic E-state index is 0.224. The van der Waals surface area contributed by atoms with E-state index in [2.05, 4.69) is 26.8 Å². The summed E-state index contributed by atoms with van der Waals surface area (Å²) in [4.78, 5) is 27.7. The zero-order chi connectivity index (χ0) is 23.8. The van der Waals surface area contributed by atoms with Crippen molar-refractivity contribution in [2.45, 2.75) is 44.9 Å². The number of rotatable bonds is 2. The number of carbonyl (C=O) groups is 1. The van der Waals surface area contributed by atoms with E-state index in [0.29, 0.717) is 54.2 Å². The molecule has 1 saturated heterocycles. The van der Waals surface area contributed by atoms with Crippen LogP contribution in [-0.4, -0.2) is 59.8 Å². The van der Waals surface area contributed by atoms with Crippen molar-refractivity contribution in [1.82, 2.24) is 24.4 Å². The first-order valence-corrected chi connectivity index (χ1v) is 10.6. The number of imidazole rings is 1. The number of halogens is 1. The Morgan fingerprint density at radius 3 is 2.58 bits per heavy atom. The van der Waals surface area contributed by atoms with Gasteiger partial charge >= 0.3 is 0 Å². The van der Waals surface area contributed by atoms with E-state index < -0.39 is 11.3 Å². The highest BCUT2D eigenvalue weighted by Gasteiger charge is 2.32. The van der Waals surface area contributed by atoms with Crippen molar-refractivity contribution < 1.29 is 14.3 Å². The molecule has 1 N–H and O–H groups in total. The molecule has 168 valence electrons. The molecular formula is C24H23FN6O2. The van der Waals surface area contributed by atoms with Crippen molar-refractivity contribution in [2.75, 3.05) is 13.1 Å². The Balaban J connectivity index is 1.76. The molecule has 1 fully saturated rings. The maximum atomic E-state index is 14.1. The highest BCUT2D eigenvalue weighted by atomic mass is 19.1. The second kappa shape index (κ2) is 8.27. The largest absolute Gasteiger partial charge is 0.378 e. The van der Waals surface area contributed by atoms with Gasteiger partial charge in [0.15, 0.2) is 11.5 Å². The molecule has 3 aromatic rings. The fraction of sp³-hybridized carbons (Fsp3) is 0.375. The van der Waals surface area contributed by atoms with Crippen molar-refractivity contribution in [3.8, 4) is 23.6 Å². The second-order valence-electron chi connectivity index (χ2n) is 8.87. The summed E-state index contributed by atoms with van der Waals surface area (Å²) in [6.45, 7) is 5.37. The van der Waals surface area contributed by atoms with E-state index in [1.807, 2.05) is 6.07 Å². The van der Waals surface area contributed by atoms with Gasteiger partial charge in [0.05, 0.1) is 17.4 Å². The first-order chi connectivity index (χ1) is 15.6. The predicted molar refractivity (Wildman–Crippen MR) is 119 cm³/mol. The van der Waals surface area contributed by atoms with Gasteiger partial charge in [0.2, 0.25) is 0 Å². The van der Waals surface area contributed by atoms with Crippen molar-refractivity contribution >= 4 is 17.1 Å². The van der Waals surface area contributed by atoms with Crippen molar-refractivity contribution in [3.63, 3.8) is 0 Å². The Kier molecular flexibility index (Phi) is 5.61. The minimum Gasteiger partial charge on any atom is -0.378 e. The normalized spacial score (nSPS) is 15.6. The molecule has 3 aromatic heterocycles. The topological polar surface area (TPSA) is 108 Å². The highest BCUT2D eigenvalue weighted by molar-refractivity contribution is 5.96. The van der Waals surface area contributed by atoms with Crippen LogP contribution in [0.15, 0.2) is 30.6 Å². The second-order valence-corrected chi connectivity index (χ2v) is 8.87. The fourth-order valence-corrected chi connectivity index (χ4v) is 3.56. The fourth-order valence-electron chi connectivity index (χ4n) is 3.56. The number of nitriles is 1. The van der Waals surface area contributed by atoms with Gasteiger partial charge < -0.3 is 10.0 Å². The summed E-state index contributed by atoms with van der Waals surface area (Å²) < 4.78 is 15.8. The van der Waals surface area contributed by atoms with Crippen LogP contribution in [0.25, 0.3) is 16.9 Å². The highest BCUT2D eigenvalue weighted by Crippen LogP contribution is 2.27. The number of carbonyl (C=O) groups excluding carboxylic acids is 1. The lowest BCUT2D eigenvalue weighted by atomic mass is 9.95. The molecular weight excluding hydrogens is 423 g/mol. The van der Waals surface area contributed by atoms with Gasteiger partial charge in [-0.15, -0.1) is 0 Å². The minimum atomic E-state index is -1.25. The summed E-state index contributed by atoms with van der Waals surface area (Å²) in [6, 6.07) is 6.88. The summed E-state index contributed by atoms with van der Waals surface area (Å²) in [5.41, 5.74) is -0.388. The van der Waals surface area contributed by atoms with Crippen LogP contribution in [0.4, 0.5) is 4.39 Å². The molecule has 4 rings (SSSR count). The zero-order valence-corrected chi connectivity index (χ0v) is 18.6. The van der Waals surface area contributed by atoms with E-state index in [4.69, 9.17) is 5.26 Å². The third-order valence-corrected chi connectivity index (χ3v) is 5.44. The van der Waals surface area contributed by atoms with Crippen LogP contribution in [0.5, 0.6) is 0 Å². The smallest absolute Gasteiger partial charge is 0.255 e. The lowest BCUT2D eigenvalue weighted by Gasteiger charge is -2.34. The lowest BCUT2D eigenvalue weighted by molar-refractivity contribution is 0.0503. The van der Waals surface area contributed by atoms with E-state index in [1.54, 1.807) is 48.4 Å². The molecule has 9 heteroatoms. The Hall–Kier alpha value is -3.82. The lowest BCUT2D eigenvalue weighted by Crippen LogP contribution is -2.43. The summed E-state index contributed by atoms with van der Waals surface area (Å²) in [5, 5.41) is 19.1. The Bertz CT molecular complexity index is 1310. The molecule has 0 unspecified atom stereocenters. The number of fused-ring (bicyclic) bond motifs is 1. The molecule has 1 amide bonds. The summed E-state index contributed by atoms with van der Waals surface area (Å²) >= 11 is 0. The number of amides is 1. The quantitative estimate of drug-likeness (QED) is 0.607. The number of nitrogens with zero attached hydrogens (tertiary/aromatic N) is 6. The van der Waals surface area contributed by atoms with Crippen molar-refractivity contribution in [2.24, 2.45) is 0 Å². The van der Waals surface area contributed by atoms with Gasteiger partial charge in [0.25, 0.3) is 5.91 Å². The first-order valence-electron chi connectivity index (χ1n) is 10.6. The number of likely N-dealkylation sites (tertiary alicyclic amines) is 1. The molecule has 1 aliphatic heterocycles. The van der Waals surface area contributed by atoms with Gasteiger partial charge in [-0.3, -0.25) is 9.36 Å². The number of aromatic nitrogens is 4. The van der Waals surface area contributed by atoms with Gasteiger partial charge in [-0.1, -0.05) is 5.92 Å². The number of pyridine rings is 2. The van der Waals surface area contributed by atoms with Crippen molar-refractivity contribution in [1.29, 1.82) is 5.26 Å². The van der Waals surface area contributed by atoms with Gasteiger partial charge in [-0.25, -0.2) is 19.3 Å². The predicted octanol–water partition coefficient (Wildman–Crippen LogP) is 2.77. The van der Waals surface area contributed by atoms with E-state index in [9.17, 15) is 14.3 Å². The number of hydrogen-bond donors (Lipinski definition) is 1. The average molecular weight is 446 g/mol. The van der Waals surface area contributed by atoms with Crippen LogP contribution in [0, 0.1) is 23.2 Å². The molecule has 0 bridgehead atoms. The maximum absolute atomic E-state index is 14.1. The van der Waals surface area contributed by atoms with E-state index in [0.717, 1.165) is 0 Å². The molecule has 0 aromatic carbocycles. The molecule has 4 heterocycles. The number of hydrogen-bond acceptors (Lipinski definition) is 6. The summed E-state index contributed by atoms with van der Waals surface area (Å²) in [5.74, 6) is 5.70. The van der Waals surface area contributed by atoms with Crippen molar-refractivity contribution in [3.05, 3.63) is 47.7 Å². The van der Waals surface area contributed by atoms with Gasteiger partial charge in [-0.2, -0.15) is 5.26 Å². The summed E-state index contributed by atoms with van der Waals surface area (Å²) in [6.07, 6.45) is 3.57. The monoisotopic (exact) mass is 446 g/mol. The first kappa shape index (κ1) is 22.4.